The molecule has 0 radical (unpaired) electrons. The molecule has 2 bridgehead atoms. The van der Waals surface area contributed by atoms with E-state index in [0.717, 1.165) is 64.3 Å². The van der Waals surface area contributed by atoms with Gasteiger partial charge >= 0.3 is 0 Å². The molecule has 5 heterocycles. The Labute approximate surface area is 234 Å². The predicted octanol–water partition coefficient (Wildman–Crippen LogP) is 6.38. The first-order chi connectivity index (χ1) is 19.7. The molecule has 40 heavy (non-hydrogen) atoms. The van der Waals surface area contributed by atoms with E-state index >= 15 is 0 Å². The highest BCUT2D eigenvalue weighted by Crippen LogP contribution is 2.38. The van der Waals surface area contributed by atoms with E-state index in [9.17, 15) is 0 Å². The summed E-state index contributed by atoms with van der Waals surface area (Å²) in [4.78, 5) is 19.9. The quantitative estimate of drug-likeness (QED) is 0.275. The van der Waals surface area contributed by atoms with E-state index in [4.69, 9.17) is 9.72 Å². The molecule has 2 aromatic carbocycles. The normalized spacial score (nSPS) is 22.5. The second kappa shape index (κ2) is 9.65. The van der Waals surface area contributed by atoms with Gasteiger partial charge in [0, 0.05) is 65.0 Å². The summed E-state index contributed by atoms with van der Waals surface area (Å²) in [5.41, 5.74) is 11.6. The van der Waals surface area contributed by atoms with Crippen molar-refractivity contribution in [3.8, 4) is 33.5 Å². The van der Waals surface area contributed by atoms with Crippen LogP contribution in [0.25, 0.3) is 44.5 Å². The third-order valence-electron chi connectivity index (χ3n) is 9.34. The molecule has 0 spiro atoms. The van der Waals surface area contributed by atoms with Crippen molar-refractivity contribution < 1.29 is 4.74 Å². The average molecular weight is 528 g/mol. The highest BCUT2D eigenvalue weighted by molar-refractivity contribution is 5.96. The van der Waals surface area contributed by atoms with Crippen molar-refractivity contribution in [2.24, 2.45) is 0 Å². The Morgan fingerprint density at radius 3 is 2.33 bits per heavy atom. The molecule has 2 aliphatic heterocycles. The lowest BCUT2D eigenvalue weighted by atomic mass is 9.87. The Balaban J connectivity index is 1.06. The zero-order valence-electron chi connectivity index (χ0n) is 22.8. The molecule has 1 N–H and O–H groups in total. The highest BCUT2D eigenvalue weighted by atomic mass is 16.5. The number of hydrogen-bond donors (Lipinski definition) is 1. The Hall–Kier alpha value is -3.87. The number of hydrogen-bond acceptors (Lipinski definition) is 5. The fourth-order valence-corrected chi connectivity index (χ4v) is 7.23. The summed E-state index contributed by atoms with van der Waals surface area (Å²) < 4.78 is 5.74. The highest BCUT2D eigenvalue weighted by Gasteiger charge is 2.45. The smallest absolute Gasteiger partial charge is 0.137 e. The van der Waals surface area contributed by atoms with Crippen molar-refractivity contribution in [1.82, 2.24) is 24.8 Å². The zero-order chi connectivity index (χ0) is 26.6. The molecule has 6 heteroatoms. The van der Waals surface area contributed by atoms with Gasteiger partial charge in [0.2, 0.25) is 0 Å². The molecular weight excluding hydrogens is 494 g/mol. The summed E-state index contributed by atoms with van der Waals surface area (Å²) in [6.45, 7) is 3.84. The number of rotatable bonds is 4. The van der Waals surface area contributed by atoms with Crippen LogP contribution in [0.5, 0.6) is 0 Å². The Bertz CT molecular complexity index is 1690. The maximum atomic E-state index is 5.74. The second-order valence-corrected chi connectivity index (χ2v) is 11.6. The molecule has 8 rings (SSSR count). The van der Waals surface area contributed by atoms with E-state index in [1.54, 1.807) is 12.4 Å². The van der Waals surface area contributed by atoms with Gasteiger partial charge in [-0.1, -0.05) is 42.5 Å². The van der Waals surface area contributed by atoms with Gasteiger partial charge in [0.15, 0.2) is 0 Å². The van der Waals surface area contributed by atoms with Gasteiger partial charge in [-0.2, -0.15) is 0 Å². The summed E-state index contributed by atoms with van der Waals surface area (Å²) in [7, 11) is 0. The molecule has 0 amide bonds. The van der Waals surface area contributed by atoms with Gasteiger partial charge in [0.25, 0.3) is 0 Å². The maximum Gasteiger partial charge on any atom is 0.137 e. The summed E-state index contributed by atoms with van der Waals surface area (Å²) in [6.07, 6.45) is 13.7. The summed E-state index contributed by atoms with van der Waals surface area (Å²) in [5.74, 6) is 0. The predicted molar refractivity (Wildman–Crippen MR) is 158 cm³/mol. The Morgan fingerprint density at radius 1 is 0.775 bits per heavy atom. The van der Waals surface area contributed by atoms with Crippen LogP contribution in [0, 0.1) is 6.92 Å². The number of morpholine rings is 1. The fraction of sp³-hybridized carbons (Fsp3) is 0.324. The molecule has 5 aromatic rings. The Morgan fingerprint density at radius 2 is 1.52 bits per heavy atom. The molecule has 6 nitrogen and oxygen atoms in total. The molecule has 0 saturated carbocycles. The monoisotopic (exact) mass is 527 g/mol. The first-order valence-electron chi connectivity index (χ1n) is 14.5. The van der Waals surface area contributed by atoms with Crippen molar-refractivity contribution in [1.29, 1.82) is 0 Å². The lowest BCUT2D eigenvalue weighted by Crippen LogP contribution is -2.66. The molecule has 2 unspecified atom stereocenters. The largest absolute Gasteiger partial charge is 0.378 e. The molecule has 2 saturated heterocycles. The fourth-order valence-electron chi connectivity index (χ4n) is 7.23. The van der Waals surface area contributed by atoms with Gasteiger partial charge in [0.05, 0.1) is 24.6 Å². The number of H-pyrrole nitrogens is 1. The van der Waals surface area contributed by atoms with Crippen LogP contribution in [-0.4, -0.2) is 56.2 Å². The minimum absolute atomic E-state index is 0.654. The van der Waals surface area contributed by atoms with Crippen LogP contribution < -0.4 is 0 Å². The van der Waals surface area contributed by atoms with Crippen molar-refractivity contribution >= 4 is 11.0 Å². The summed E-state index contributed by atoms with van der Waals surface area (Å²) in [6, 6.07) is 19.9. The number of aromatic nitrogens is 4. The van der Waals surface area contributed by atoms with Crippen LogP contribution in [0.2, 0.25) is 0 Å². The lowest BCUT2D eigenvalue weighted by Gasteiger charge is -2.56. The zero-order valence-corrected chi connectivity index (χ0v) is 22.8. The van der Waals surface area contributed by atoms with E-state index in [1.165, 1.54) is 42.4 Å². The van der Waals surface area contributed by atoms with Crippen molar-refractivity contribution in [3.63, 3.8) is 0 Å². The minimum atomic E-state index is 0.654. The standard InChI is InChI=1S/C34H33N5O/c1-21-33(36-13-12-35-21)24-5-3-23(4-6-24)32-18-38-34-31(32)15-27(17-37-34)26-7-2-22-8-10-28(11-9-25(22)14-26)39-29-16-30(39)20-40-19-29/h2-7,12-15,17-18,28-30H,8-11,16,19-20H2,1H3,(H,37,38)/t28-,29?,30?/m0/s1. The number of nitrogens with zero attached hydrogens (tertiary/aromatic N) is 4. The molecule has 3 aliphatic rings. The van der Waals surface area contributed by atoms with Crippen LogP contribution in [0.3, 0.4) is 0 Å². The van der Waals surface area contributed by atoms with Crippen LogP contribution >= 0.6 is 0 Å². The second-order valence-electron chi connectivity index (χ2n) is 11.6. The van der Waals surface area contributed by atoms with E-state index < -0.39 is 0 Å². The molecule has 3 atom stereocenters. The lowest BCUT2D eigenvalue weighted by molar-refractivity contribution is -0.148. The number of fused-ring (bicyclic) bond motifs is 4. The van der Waals surface area contributed by atoms with Crippen molar-refractivity contribution in [3.05, 3.63) is 90.1 Å². The first-order valence-corrected chi connectivity index (χ1v) is 14.5. The Kier molecular flexibility index (Phi) is 5.78. The number of ether oxygens (including phenoxy) is 1. The van der Waals surface area contributed by atoms with Crippen LogP contribution in [0.1, 0.15) is 36.1 Å². The van der Waals surface area contributed by atoms with Gasteiger partial charge in [-0.15, -0.1) is 0 Å². The van der Waals surface area contributed by atoms with Crippen LogP contribution in [-0.2, 0) is 17.6 Å². The van der Waals surface area contributed by atoms with E-state index in [1.807, 2.05) is 13.1 Å². The number of benzene rings is 2. The summed E-state index contributed by atoms with van der Waals surface area (Å²) in [5, 5.41) is 1.14. The summed E-state index contributed by atoms with van der Waals surface area (Å²) >= 11 is 0. The topological polar surface area (TPSA) is 66.9 Å². The van der Waals surface area contributed by atoms with Crippen LogP contribution in [0.4, 0.5) is 0 Å². The number of nitrogens with one attached hydrogen (secondary N) is 1. The first kappa shape index (κ1) is 24.0. The van der Waals surface area contributed by atoms with Gasteiger partial charge < -0.3 is 9.72 Å². The number of aromatic amines is 1. The van der Waals surface area contributed by atoms with Gasteiger partial charge in [0.1, 0.15) is 5.65 Å². The van der Waals surface area contributed by atoms with Gasteiger partial charge in [-0.25, -0.2) is 4.98 Å². The van der Waals surface area contributed by atoms with E-state index in [0.29, 0.717) is 18.1 Å². The van der Waals surface area contributed by atoms with E-state index in [-0.39, 0.29) is 0 Å². The number of aryl methyl sites for hydroxylation is 3. The third kappa shape index (κ3) is 4.05. The van der Waals surface area contributed by atoms with Crippen molar-refractivity contribution in [2.45, 2.75) is 57.2 Å². The van der Waals surface area contributed by atoms with Gasteiger partial charge in [-0.3, -0.25) is 14.9 Å². The van der Waals surface area contributed by atoms with E-state index in [2.05, 4.69) is 74.6 Å². The average Bonchev–Trinajstić information content (AvgIpc) is 3.32. The molecular formula is C34H33N5O. The number of pyridine rings is 1. The molecule has 200 valence electrons. The third-order valence-corrected chi connectivity index (χ3v) is 9.34. The maximum absolute atomic E-state index is 5.74. The SMILES string of the molecule is Cc1nccnc1-c1ccc(-c2c[nH]c3ncc(-c4ccc5c(c4)CC[C@@H](N4C6COCC4C6)CC5)cc23)cc1. The van der Waals surface area contributed by atoms with Crippen LogP contribution in [0.15, 0.2) is 73.3 Å². The van der Waals surface area contributed by atoms with Gasteiger partial charge in [-0.05, 0) is 67.3 Å². The molecule has 3 aromatic heterocycles. The molecule has 2 fully saturated rings. The minimum Gasteiger partial charge on any atom is -0.378 e. The molecule has 1 aliphatic carbocycles. The van der Waals surface area contributed by atoms with Crippen molar-refractivity contribution in [2.75, 3.05) is 13.2 Å².